The summed E-state index contributed by atoms with van der Waals surface area (Å²) in [6.07, 6.45) is 0. The maximum absolute atomic E-state index is 12.8. The fourth-order valence-electron chi connectivity index (χ4n) is 0.933. The molecule has 0 spiro atoms. The van der Waals surface area contributed by atoms with E-state index in [1.54, 1.807) is 0 Å². The Morgan fingerprint density at radius 3 is 2.50 bits per heavy atom. The van der Waals surface area contributed by atoms with Crippen LogP contribution in [0.3, 0.4) is 0 Å². The molecule has 3 heteroatoms. The van der Waals surface area contributed by atoms with Gasteiger partial charge in [0.05, 0.1) is 0 Å². The number of halogens is 2. The number of hydrogen-bond donors (Lipinski definition) is 0. The largest absolute Gasteiger partial charge is 0.207 e. The van der Waals surface area contributed by atoms with E-state index in [-0.39, 0.29) is 10.6 Å². The molecular formula is C11H14BrFS. The lowest BCUT2D eigenvalue weighted by molar-refractivity contribution is 0.626. The van der Waals surface area contributed by atoms with E-state index in [1.165, 1.54) is 12.1 Å². The van der Waals surface area contributed by atoms with Crippen LogP contribution in [0.15, 0.2) is 22.7 Å². The van der Waals surface area contributed by atoms with Crippen molar-refractivity contribution in [1.29, 1.82) is 0 Å². The second-order valence-electron chi connectivity index (χ2n) is 4.14. The summed E-state index contributed by atoms with van der Waals surface area (Å²) in [5.74, 6) is 0.714. The Labute approximate surface area is 97.4 Å². The molecule has 1 aromatic carbocycles. The number of thioether (sulfide) groups is 1. The SMILES string of the molecule is CC(C)(C)SCc1ccc(F)cc1Br. The predicted molar refractivity (Wildman–Crippen MR) is 65.1 cm³/mol. The maximum Gasteiger partial charge on any atom is 0.124 e. The van der Waals surface area contributed by atoms with Gasteiger partial charge >= 0.3 is 0 Å². The monoisotopic (exact) mass is 276 g/mol. The van der Waals surface area contributed by atoms with E-state index in [0.29, 0.717) is 0 Å². The van der Waals surface area contributed by atoms with E-state index in [4.69, 9.17) is 0 Å². The molecule has 0 N–H and O–H groups in total. The Morgan fingerprint density at radius 2 is 2.00 bits per heavy atom. The highest BCUT2D eigenvalue weighted by atomic mass is 79.9. The van der Waals surface area contributed by atoms with E-state index in [1.807, 2.05) is 17.8 Å². The summed E-state index contributed by atoms with van der Waals surface area (Å²) in [6, 6.07) is 4.85. The molecule has 0 saturated carbocycles. The summed E-state index contributed by atoms with van der Waals surface area (Å²) in [4.78, 5) is 0. The van der Waals surface area contributed by atoms with Crippen LogP contribution in [0.4, 0.5) is 4.39 Å². The highest BCUT2D eigenvalue weighted by Crippen LogP contribution is 2.30. The van der Waals surface area contributed by atoms with Crippen LogP contribution < -0.4 is 0 Å². The fraction of sp³-hybridized carbons (Fsp3) is 0.455. The minimum Gasteiger partial charge on any atom is -0.207 e. The summed E-state index contributed by atoms with van der Waals surface area (Å²) in [7, 11) is 0. The van der Waals surface area contributed by atoms with E-state index < -0.39 is 0 Å². The molecular weight excluding hydrogens is 263 g/mol. The average Bonchev–Trinajstić information content (AvgIpc) is 2.00. The van der Waals surface area contributed by atoms with Gasteiger partial charge in [0.1, 0.15) is 5.82 Å². The van der Waals surface area contributed by atoms with Crippen LogP contribution in [-0.2, 0) is 5.75 Å². The molecule has 0 heterocycles. The lowest BCUT2D eigenvalue weighted by Crippen LogP contribution is -2.07. The van der Waals surface area contributed by atoms with Gasteiger partial charge in [-0.2, -0.15) is 11.8 Å². The van der Waals surface area contributed by atoms with Crippen LogP contribution >= 0.6 is 27.7 Å². The minimum atomic E-state index is -0.193. The van der Waals surface area contributed by atoms with Gasteiger partial charge in [-0.05, 0) is 17.7 Å². The topological polar surface area (TPSA) is 0 Å². The van der Waals surface area contributed by atoms with Gasteiger partial charge in [-0.15, -0.1) is 0 Å². The minimum absolute atomic E-state index is 0.193. The quantitative estimate of drug-likeness (QED) is 0.760. The van der Waals surface area contributed by atoms with Crippen LogP contribution in [0.2, 0.25) is 0 Å². The molecule has 0 unspecified atom stereocenters. The number of benzene rings is 1. The van der Waals surface area contributed by atoms with Crippen molar-refractivity contribution in [3.63, 3.8) is 0 Å². The molecule has 0 fully saturated rings. The van der Waals surface area contributed by atoms with Gasteiger partial charge in [-0.25, -0.2) is 4.39 Å². The first-order valence-electron chi connectivity index (χ1n) is 4.46. The van der Waals surface area contributed by atoms with Gasteiger partial charge in [0.25, 0.3) is 0 Å². The van der Waals surface area contributed by atoms with Crippen molar-refractivity contribution < 1.29 is 4.39 Å². The zero-order valence-corrected chi connectivity index (χ0v) is 11.0. The van der Waals surface area contributed by atoms with E-state index in [2.05, 4.69) is 36.7 Å². The third-order valence-electron chi connectivity index (χ3n) is 1.68. The Kier molecular flexibility index (Phi) is 4.02. The molecule has 0 aliphatic heterocycles. The van der Waals surface area contributed by atoms with Gasteiger partial charge in [-0.1, -0.05) is 42.8 Å². The van der Waals surface area contributed by atoms with E-state index in [0.717, 1.165) is 15.8 Å². The average molecular weight is 277 g/mol. The molecule has 0 aromatic heterocycles. The fourth-order valence-corrected chi connectivity index (χ4v) is 2.45. The molecule has 0 bridgehead atoms. The van der Waals surface area contributed by atoms with Gasteiger partial charge in [0, 0.05) is 15.0 Å². The number of rotatable bonds is 2. The summed E-state index contributed by atoms with van der Waals surface area (Å²) in [6.45, 7) is 6.53. The standard InChI is InChI=1S/C11H14BrFS/c1-11(2,3)14-7-8-4-5-9(13)6-10(8)12/h4-6H,7H2,1-3H3. The smallest absolute Gasteiger partial charge is 0.124 e. The first-order chi connectivity index (χ1) is 6.38. The third kappa shape index (κ3) is 4.01. The van der Waals surface area contributed by atoms with Crippen molar-refractivity contribution in [2.75, 3.05) is 0 Å². The normalized spacial score (nSPS) is 11.8. The molecule has 1 aromatic rings. The second kappa shape index (κ2) is 4.67. The first kappa shape index (κ1) is 12.1. The number of hydrogen-bond acceptors (Lipinski definition) is 1. The Bertz CT molecular complexity index is 318. The van der Waals surface area contributed by atoms with Crippen LogP contribution in [0.25, 0.3) is 0 Å². The van der Waals surface area contributed by atoms with Crippen LogP contribution in [0, 0.1) is 5.82 Å². The van der Waals surface area contributed by atoms with Crippen molar-refractivity contribution in [2.24, 2.45) is 0 Å². The second-order valence-corrected chi connectivity index (χ2v) is 6.79. The highest BCUT2D eigenvalue weighted by molar-refractivity contribution is 9.10. The molecule has 0 atom stereocenters. The van der Waals surface area contributed by atoms with Crippen molar-refractivity contribution >= 4 is 27.7 Å². The van der Waals surface area contributed by atoms with E-state index in [9.17, 15) is 4.39 Å². The zero-order chi connectivity index (χ0) is 10.8. The Morgan fingerprint density at radius 1 is 1.36 bits per heavy atom. The first-order valence-corrected chi connectivity index (χ1v) is 6.24. The zero-order valence-electron chi connectivity index (χ0n) is 8.60. The molecule has 0 nitrogen and oxygen atoms in total. The van der Waals surface area contributed by atoms with Gasteiger partial charge in [0.2, 0.25) is 0 Å². The van der Waals surface area contributed by atoms with Gasteiger partial charge in [-0.3, -0.25) is 0 Å². The molecule has 0 amide bonds. The van der Waals surface area contributed by atoms with Crippen LogP contribution in [0.1, 0.15) is 26.3 Å². The molecule has 1 rings (SSSR count). The van der Waals surface area contributed by atoms with E-state index >= 15 is 0 Å². The van der Waals surface area contributed by atoms with Crippen molar-refractivity contribution in [3.8, 4) is 0 Å². The summed E-state index contributed by atoms with van der Waals surface area (Å²) in [5.41, 5.74) is 1.14. The summed E-state index contributed by atoms with van der Waals surface area (Å²) < 4.78 is 13.9. The lowest BCUT2D eigenvalue weighted by Gasteiger charge is -2.17. The van der Waals surface area contributed by atoms with Crippen molar-refractivity contribution in [2.45, 2.75) is 31.3 Å². The van der Waals surface area contributed by atoms with Gasteiger partial charge in [0.15, 0.2) is 0 Å². The molecule has 14 heavy (non-hydrogen) atoms. The summed E-state index contributed by atoms with van der Waals surface area (Å²) >= 11 is 5.22. The molecule has 0 saturated heterocycles. The molecule has 78 valence electrons. The molecule has 0 aliphatic carbocycles. The third-order valence-corrected chi connectivity index (χ3v) is 3.74. The van der Waals surface area contributed by atoms with Gasteiger partial charge < -0.3 is 0 Å². The summed E-state index contributed by atoms with van der Waals surface area (Å²) in [5, 5.41) is 0. The Balaban J connectivity index is 2.68. The molecule has 0 aliphatic rings. The van der Waals surface area contributed by atoms with Crippen molar-refractivity contribution in [1.82, 2.24) is 0 Å². The van der Waals surface area contributed by atoms with Crippen LogP contribution in [0.5, 0.6) is 0 Å². The maximum atomic E-state index is 12.8. The van der Waals surface area contributed by atoms with Crippen molar-refractivity contribution in [3.05, 3.63) is 34.1 Å². The van der Waals surface area contributed by atoms with Crippen LogP contribution in [-0.4, -0.2) is 4.75 Å². The highest BCUT2D eigenvalue weighted by Gasteiger charge is 2.11. The molecule has 0 radical (unpaired) electrons. The predicted octanol–water partition coefficient (Wildman–Crippen LogP) is 4.62. The Hall–Kier alpha value is -0.0200. The lowest BCUT2D eigenvalue weighted by atomic mass is 10.2.